The van der Waals surface area contributed by atoms with Gasteiger partial charge in [-0.1, -0.05) is 36.4 Å². The van der Waals surface area contributed by atoms with Gasteiger partial charge in [-0.25, -0.2) is 4.39 Å². The number of hydrogen-bond acceptors (Lipinski definition) is 0. The summed E-state index contributed by atoms with van der Waals surface area (Å²) in [5.41, 5.74) is 4.05. The van der Waals surface area contributed by atoms with Crippen molar-refractivity contribution >= 4 is 5.57 Å². The fourth-order valence-electron chi connectivity index (χ4n) is 1.95. The van der Waals surface area contributed by atoms with Gasteiger partial charge in [-0.3, -0.25) is 0 Å². The van der Waals surface area contributed by atoms with Gasteiger partial charge in [0.15, 0.2) is 0 Å². The highest BCUT2D eigenvalue weighted by atomic mass is 19.1. The quantitative estimate of drug-likeness (QED) is 0.649. The van der Waals surface area contributed by atoms with E-state index >= 15 is 0 Å². The van der Waals surface area contributed by atoms with Gasteiger partial charge in [0.05, 0.1) is 0 Å². The molecule has 16 heavy (non-hydrogen) atoms. The second-order valence-electron chi connectivity index (χ2n) is 4.04. The topological polar surface area (TPSA) is 0 Å². The van der Waals surface area contributed by atoms with E-state index in [1.165, 1.54) is 11.6 Å². The Bertz CT molecular complexity index is 490. The van der Waals surface area contributed by atoms with Crippen molar-refractivity contribution in [1.82, 2.24) is 0 Å². The summed E-state index contributed by atoms with van der Waals surface area (Å²) in [5, 5.41) is 0. The van der Waals surface area contributed by atoms with Crippen molar-refractivity contribution in [1.29, 1.82) is 0 Å². The summed E-state index contributed by atoms with van der Waals surface area (Å²) in [6.07, 6.45) is 9.28. The molecule has 0 nitrogen and oxygen atoms in total. The van der Waals surface area contributed by atoms with Crippen molar-refractivity contribution in [2.45, 2.75) is 20.3 Å². The van der Waals surface area contributed by atoms with Crippen LogP contribution in [0.4, 0.5) is 4.39 Å². The molecule has 0 atom stereocenters. The van der Waals surface area contributed by atoms with Crippen molar-refractivity contribution in [2.75, 3.05) is 0 Å². The summed E-state index contributed by atoms with van der Waals surface area (Å²) in [6.45, 7) is 3.89. The molecule has 0 radical (unpaired) electrons. The van der Waals surface area contributed by atoms with Gasteiger partial charge < -0.3 is 0 Å². The molecule has 82 valence electrons. The summed E-state index contributed by atoms with van der Waals surface area (Å²) in [7, 11) is 0. The minimum Gasteiger partial charge on any atom is -0.207 e. The van der Waals surface area contributed by atoms with E-state index in [2.05, 4.69) is 25.2 Å². The third-order valence-electron chi connectivity index (χ3n) is 2.92. The molecule has 1 aliphatic rings. The first-order chi connectivity index (χ1) is 7.70. The Hall–Kier alpha value is -1.63. The van der Waals surface area contributed by atoms with E-state index in [0.717, 1.165) is 23.1 Å². The molecule has 0 aromatic heterocycles. The molecule has 0 amide bonds. The number of allylic oxidation sites excluding steroid dienone is 6. The van der Waals surface area contributed by atoms with E-state index in [1.54, 1.807) is 6.07 Å². The van der Waals surface area contributed by atoms with Crippen molar-refractivity contribution in [3.8, 4) is 0 Å². The molecule has 0 fully saturated rings. The number of halogens is 1. The Morgan fingerprint density at radius 1 is 1.19 bits per heavy atom. The van der Waals surface area contributed by atoms with Gasteiger partial charge in [0.25, 0.3) is 0 Å². The Morgan fingerprint density at radius 2 is 2.00 bits per heavy atom. The average molecular weight is 214 g/mol. The van der Waals surface area contributed by atoms with E-state index in [4.69, 9.17) is 0 Å². The second kappa shape index (κ2) is 4.48. The standard InChI is InChI=1S/C15H15F/c1-11-7-4-3-5-8-13(11)14-9-6-10-15(16)12(14)2/h3-4,6-10H,5H2,1-2H3. The average Bonchev–Trinajstić information content (AvgIpc) is 2.47. The molecule has 0 saturated heterocycles. The lowest BCUT2D eigenvalue weighted by Crippen LogP contribution is -1.93. The van der Waals surface area contributed by atoms with Crippen LogP contribution in [0.1, 0.15) is 24.5 Å². The van der Waals surface area contributed by atoms with Crippen LogP contribution < -0.4 is 0 Å². The molecule has 0 bridgehead atoms. The zero-order valence-corrected chi connectivity index (χ0v) is 9.63. The van der Waals surface area contributed by atoms with Gasteiger partial charge in [0.1, 0.15) is 5.82 Å². The lowest BCUT2D eigenvalue weighted by molar-refractivity contribution is 0.618. The Labute approximate surface area is 95.8 Å². The normalized spacial score (nSPS) is 15.4. The van der Waals surface area contributed by atoms with Crippen LogP contribution in [-0.2, 0) is 0 Å². The highest BCUT2D eigenvalue weighted by Gasteiger charge is 2.10. The first kappa shape index (κ1) is 10.9. The Balaban J connectivity index is 2.52. The first-order valence-corrected chi connectivity index (χ1v) is 5.49. The fraction of sp³-hybridized carbons (Fsp3) is 0.200. The number of benzene rings is 1. The van der Waals surface area contributed by atoms with Crippen LogP contribution >= 0.6 is 0 Å². The molecule has 1 aliphatic carbocycles. The van der Waals surface area contributed by atoms with Crippen LogP contribution in [0.15, 0.2) is 48.1 Å². The Kier molecular flexibility index (Phi) is 3.04. The maximum atomic E-state index is 13.5. The fourth-order valence-corrected chi connectivity index (χ4v) is 1.95. The van der Waals surface area contributed by atoms with Crippen LogP contribution in [-0.4, -0.2) is 0 Å². The van der Waals surface area contributed by atoms with Gasteiger partial charge in [0.2, 0.25) is 0 Å². The van der Waals surface area contributed by atoms with Gasteiger partial charge in [0, 0.05) is 0 Å². The molecule has 1 aromatic carbocycles. The van der Waals surface area contributed by atoms with Gasteiger partial charge in [-0.05, 0) is 48.6 Å². The van der Waals surface area contributed by atoms with Crippen molar-refractivity contribution in [3.63, 3.8) is 0 Å². The van der Waals surface area contributed by atoms with E-state index < -0.39 is 0 Å². The van der Waals surface area contributed by atoms with E-state index in [1.807, 2.05) is 19.1 Å². The van der Waals surface area contributed by atoms with Gasteiger partial charge >= 0.3 is 0 Å². The molecule has 1 heteroatoms. The highest BCUT2D eigenvalue weighted by Crippen LogP contribution is 2.28. The number of rotatable bonds is 1. The third kappa shape index (κ3) is 1.99. The molecule has 2 rings (SSSR count). The SMILES string of the molecule is CC1=CC=CCC=C1c1cccc(F)c1C. The zero-order valence-electron chi connectivity index (χ0n) is 9.63. The molecule has 0 heterocycles. The summed E-state index contributed by atoms with van der Waals surface area (Å²) in [4.78, 5) is 0. The molecule has 0 N–H and O–H groups in total. The largest absolute Gasteiger partial charge is 0.207 e. The lowest BCUT2D eigenvalue weighted by atomic mass is 9.94. The van der Waals surface area contributed by atoms with Crippen LogP contribution in [0.3, 0.4) is 0 Å². The van der Waals surface area contributed by atoms with Crippen LogP contribution in [0.25, 0.3) is 5.57 Å². The van der Waals surface area contributed by atoms with Crippen LogP contribution in [0.2, 0.25) is 0 Å². The molecule has 1 aromatic rings. The molecule has 0 unspecified atom stereocenters. The van der Waals surface area contributed by atoms with Gasteiger partial charge in [-0.2, -0.15) is 0 Å². The predicted molar refractivity (Wildman–Crippen MR) is 66.6 cm³/mol. The Morgan fingerprint density at radius 3 is 2.81 bits per heavy atom. The molecular weight excluding hydrogens is 199 g/mol. The van der Waals surface area contributed by atoms with Crippen molar-refractivity contribution in [2.24, 2.45) is 0 Å². The smallest absolute Gasteiger partial charge is 0.126 e. The minimum absolute atomic E-state index is 0.136. The molecule has 0 aliphatic heterocycles. The minimum atomic E-state index is -0.136. The van der Waals surface area contributed by atoms with E-state index in [9.17, 15) is 4.39 Å². The zero-order chi connectivity index (χ0) is 11.5. The van der Waals surface area contributed by atoms with Crippen LogP contribution in [0, 0.1) is 12.7 Å². The third-order valence-corrected chi connectivity index (χ3v) is 2.92. The van der Waals surface area contributed by atoms with E-state index in [0.29, 0.717) is 0 Å². The monoisotopic (exact) mass is 214 g/mol. The maximum Gasteiger partial charge on any atom is 0.126 e. The number of hydrogen-bond donors (Lipinski definition) is 0. The highest BCUT2D eigenvalue weighted by molar-refractivity contribution is 5.81. The summed E-state index contributed by atoms with van der Waals surface area (Å²) >= 11 is 0. The van der Waals surface area contributed by atoms with Crippen molar-refractivity contribution < 1.29 is 4.39 Å². The van der Waals surface area contributed by atoms with Gasteiger partial charge in [-0.15, -0.1) is 0 Å². The lowest BCUT2D eigenvalue weighted by Gasteiger charge is -2.11. The second-order valence-corrected chi connectivity index (χ2v) is 4.04. The molecular formula is C15H15F. The molecule has 0 saturated carbocycles. The summed E-state index contributed by atoms with van der Waals surface area (Å²) < 4.78 is 13.5. The predicted octanol–water partition coefficient (Wildman–Crippen LogP) is 4.42. The van der Waals surface area contributed by atoms with Crippen LogP contribution in [0.5, 0.6) is 0 Å². The van der Waals surface area contributed by atoms with E-state index in [-0.39, 0.29) is 5.82 Å². The molecule has 0 spiro atoms. The summed E-state index contributed by atoms with van der Waals surface area (Å²) in [5.74, 6) is -0.136. The first-order valence-electron chi connectivity index (χ1n) is 5.49. The maximum absolute atomic E-state index is 13.5. The summed E-state index contributed by atoms with van der Waals surface area (Å²) in [6, 6.07) is 5.25. The van der Waals surface area contributed by atoms with Crippen molar-refractivity contribution in [3.05, 3.63) is 65.0 Å².